The minimum Gasteiger partial charge on any atom is -0.487 e. The summed E-state index contributed by atoms with van der Waals surface area (Å²) in [6.07, 6.45) is 2.16. The van der Waals surface area contributed by atoms with Gasteiger partial charge >= 0.3 is 0 Å². The monoisotopic (exact) mass is 355 g/mol. The van der Waals surface area contributed by atoms with Crippen molar-refractivity contribution in [2.45, 2.75) is 32.3 Å². The lowest BCUT2D eigenvalue weighted by molar-refractivity contribution is 0.102. The lowest BCUT2D eigenvalue weighted by Crippen LogP contribution is -2.13. The van der Waals surface area contributed by atoms with Crippen molar-refractivity contribution in [1.82, 2.24) is 10.1 Å². The lowest BCUT2D eigenvalue weighted by atomic mass is 10.1. The number of ether oxygens (including phenoxy) is 1. The second kappa shape index (κ2) is 6.68. The summed E-state index contributed by atoms with van der Waals surface area (Å²) in [5, 5.41) is 8.85. The number of hydrogen-bond acceptors (Lipinski definition) is 6. The zero-order valence-corrected chi connectivity index (χ0v) is 14.5. The van der Waals surface area contributed by atoms with Crippen LogP contribution in [0.15, 0.2) is 39.7 Å². The van der Waals surface area contributed by atoms with Crippen molar-refractivity contribution >= 4 is 22.9 Å². The van der Waals surface area contributed by atoms with Crippen LogP contribution in [0.25, 0.3) is 0 Å². The molecule has 0 aliphatic heterocycles. The van der Waals surface area contributed by atoms with Crippen molar-refractivity contribution in [1.29, 1.82) is 0 Å². The Balaban J connectivity index is 1.47. The predicted molar refractivity (Wildman–Crippen MR) is 94.1 cm³/mol. The van der Waals surface area contributed by atoms with Crippen LogP contribution in [-0.4, -0.2) is 16.0 Å². The summed E-state index contributed by atoms with van der Waals surface area (Å²) in [5.41, 5.74) is 4.56. The number of anilines is 1. The van der Waals surface area contributed by atoms with Crippen molar-refractivity contribution in [3.05, 3.63) is 57.9 Å². The van der Waals surface area contributed by atoms with E-state index in [0.29, 0.717) is 35.2 Å². The molecule has 2 aromatic heterocycles. The second-order valence-electron chi connectivity index (χ2n) is 6.03. The molecule has 1 aromatic carbocycles. The highest BCUT2D eigenvalue weighted by atomic mass is 32.1. The molecule has 1 N–H and O–H groups in total. The van der Waals surface area contributed by atoms with Gasteiger partial charge in [0.1, 0.15) is 23.7 Å². The average Bonchev–Trinajstić information content (AvgIpc) is 3.21. The molecular formula is C18H17N3O3S. The summed E-state index contributed by atoms with van der Waals surface area (Å²) in [5.74, 6) is 1.59. The number of benzene rings is 1. The van der Waals surface area contributed by atoms with E-state index in [-0.39, 0.29) is 5.91 Å². The van der Waals surface area contributed by atoms with E-state index >= 15 is 0 Å². The van der Waals surface area contributed by atoms with Gasteiger partial charge in [0, 0.05) is 16.9 Å². The van der Waals surface area contributed by atoms with Gasteiger partial charge < -0.3 is 14.6 Å². The van der Waals surface area contributed by atoms with Gasteiger partial charge in [0.15, 0.2) is 5.76 Å². The molecule has 128 valence electrons. The number of amides is 1. The first kappa shape index (κ1) is 15.8. The molecule has 1 fully saturated rings. The number of carbonyl (C=O) groups excluding carboxylic acids is 1. The van der Waals surface area contributed by atoms with Crippen LogP contribution < -0.4 is 10.1 Å². The number of aromatic nitrogens is 2. The van der Waals surface area contributed by atoms with E-state index in [2.05, 4.69) is 15.5 Å². The van der Waals surface area contributed by atoms with Gasteiger partial charge in [-0.05, 0) is 38.0 Å². The molecule has 1 aliphatic rings. The van der Waals surface area contributed by atoms with Crippen molar-refractivity contribution < 1.29 is 14.1 Å². The number of nitrogens with one attached hydrogen (secondary N) is 1. The second-order valence-corrected chi connectivity index (χ2v) is 6.75. The third kappa shape index (κ3) is 3.56. The molecule has 0 atom stereocenters. The van der Waals surface area contributed by atoms with Crippen LogP contribution >= 0.6 is 11.3 Å². The SMILES string of the molecule is Cc1noc(C2CC2)c1NC(=O)c1cccc(OCc2cscn2)c1. The highest BCUT2D eigenvalue weighted by molar-refractivity contribution is 7.07. The maximum atomic E-state index is 12.6. The molecule has 25 heavy (non-hydrogen) atoms. The number of hydrogen-bond donors (Lipinski definition) is 1. The molecule has 1 saturated carbocycles. The van der Waals surface area contributed by atoms with Crippen molar-refractivity contribution in [3.8, 4) is 5.75 Å². The van der Waals surface area contributed by atoms with E-state index in [1.54, 1.807) is 23.7 Å². The molecule has 0 radical (unpaired) electrons. The Hall–Kier alpha value is -2.67. The van der Waals surface area contributed by atoms with E-state index in [9.17, 15) is 4.79 Å². The minimum atomic E-state index is -0.202. The molecule has 3 aromatic rings. The molecule has 0 unspecified atom stereocenters. The first-order valence-electron chi connectivity index (χ1n) is 8.08. The smallest absolute Gasteiger partial charge is 0.255 e. The molecular weight excluding hydrogens is 338 g/mol. The van der Waals surface area contributed by atoms with E-state index in [4.69, 9.17) is 9.26 Å². The standard InChI is InChI=1S/C18H17N3O3S/c1-11-16(17(24-21-11)12-5-6-12)20-18(22)13-3-2-4-15(7-13)23-8-14-9-25-10-19-14/h2-4,7,9-10,12H,5-6,8H2,1H3,(H,20,22). The summed E-state index contributed by atoms with van der Waals surface area (Å²) in [7, 11) is 0. The predicted octanol–water partition coefficient (Wildman–Crippen LogP) is 4.15. The van der Waals surface area contributed by atoms with E-state index in [1.165, 1.54) is 11.3 Å². The molecule has 0 spiro atoms. The molecule has 4 rings (SSSR count). The summed E-state index contributed by atoms with van der Waals surface area (Å²) in [6, 6.07) is 7.10. The fourth-order valence-electron chi connectivity index (χ4n) is 2.54. The first-order chi connectivity index (χ1) is 12.2. The molecule has 2 heterocycles. The zero-order chi connectivity index (χ0) is 17.2. The normalized spacial score (nSPS) is 13.6. The van der Waals surface area contributed by atoms with Crippen LogP contribution in [0.4, 0.5) is 5.69 Å². The number of carbonyl (C=O) groups is 1. The Morgan fingerprint density at radius 1 is 1.44 bits per heavy atom. The first-order valence-corrected chi connectivity index (χ1v) is 9.02. The lowest BCUT2D eigenvalue weighted by Gasteiger charge is -2.08. The number of nitrogens with zero attached hydrogens (tertiary/aromatic N) is 2. The molecule has 6 nitrogen and oxygen atoms in total. The fraction of sp³-hybridized carbons (Fsp3) is 0.278. The highest BCUT2D eigenvalue weighted by Gasteiger charge is 2.32. The highest BCUT2D eigenvalue weighted by Crippen LogP contribution is 2.44. The molecule has 1 aliphatic carbocycles. The van der Waals surface area contributed by atoms with Gasteiger partial charge in [-0.15, -0.1) is 11.3 Å². The molecule has 1 amide bonds. The molecule has 7 heteroatoms. The maximum Gasteiger partial charge on any atom is 0.255 e. The molecule has 0 saturated heterocycles. The minimum absolute atomic E-state index is 0.202. The Kier molecular flexibility index (Phi) is 4.23. The zero-order valence-electron chi connectivity index (χ0n) is 13.7. The van der Waals surface area contributed by atoms with E-state index < -0.39 is 0 Å². The van der Waals surface area contributed by atoms with Crippen LogP contribution in [0.3, 0.4) is 0 Å². The summed E-state index contributed by atoms with van der Waals surface area (Å²) in [6.45, 7) is 2.21. The third-order valence-electron chi connectivity index (χ3n) is 4.04. The molecule has 0 bridgehead atoms. The van der Waals surface area contributed by atoms with Crippen molar-refractivity contribution in [2.24, 2.45) is 0 Å². The summed E-state index contributed by atoms with van der Waals surface area (Å²) >= 11 is 1.52. The van der Waals surface area contributed by atoms with Crippen LogP contribution in [0.1, 0.15) is 46.3 Å². The quantitative estimate of drug-likeness (QED) is 0.719. The largest absolute Gasteiger partial charge is 0.487 e. The summed E-state index contributed by atoms with van der Waals surface area (Å²) < 4.78 is 11.1. The Morgan fingerprint density at radius 3 is 3.08 bits per heavy atom. The number of aryl methyl sites for hydroxylation is 1. The van der Waals surface area contributed by atoms with Crippen molar-refractivity contribution in [2.75, 3.05) is 5.32 Å². The van der Waals surface area contributed by atoms with Gasteiger partial charge in [0.2, 0.25) is 0 Å². The van der Waals surface area contributed by atoms with Gasteiger partial charge in [-0.1, -0.05) is 11.2 Å². The number of thiazole rings is 1. The van der Waals surface area contributed by atoms with Crippen molar-refractivity contribution in [3.63, 3.8) is 0 Å². The average molecular weight is 355 g/mol. The van der Waals surface area contributed by atoms with Gasteiger partial charge in [-0.2, -0.15) is 0 Å². The van der Waals surface area contributed by atoms with Gasteiger partial charge in [0.25, 0.3) is 5.91 Å². The fourth-order valence-corrected chi connectivity index (χ4v) is 3.09. The van der Waals surface area contributed by atoms with Crippen LogP contribution in [0.5, 0.6) is 5.75 Å². The Morgan fingerprint density at radius 2 is 2.32 bits per heavy atom. The Labute approximate surface area is 148 Å². The third-order valence-corrected chi connectivity index (χ3v) is 4.68. The van der Waals surface area contributed by atoms with Gasteiger partial charge in [0.05, 0.1) is 11.2 Å². The summed E-state index contributed by atoms with van der Waals surface area (Å²) in [4.78, 5) is 16.8. The maximum absolute atomic E-state index is 12.6. The van der Waals surface area contributed by atoms with Crippen LogP contribution in [0, 0.1) is 6.92 Å². The van der Waals surface area contributed by atoms with Gasteiger partial charge in [-0.25, -0.2) is 4.98 Å². The number of rotatable bonds is 6. The van der Waals surface area contributed by atoms with E-state index in [0.717, 1.165) is 24.3 Å². The Bertz CT molecular complexity index is 885. The van der Waals surface area contributed by atoms with Crippen LogP contribution in [-0.2, 0) is 6.61 Å². The van der Waals surface area contributed by atoms with E-state index in [1.807, 2.05) is 18.4 Å². The van der Waals surface area contributed by atoms with Crippen LogP contribution in [0.2, 0.25) is 0 Å². The van der Waals surface area contributed by atoms with Gasteiger partial charge in [-0.3, -0.25) is 4.79 Å². The topological polar surface area (TPSA) is 77.2 Å².